The van der Waals surface area contributed by atoms with Gasteiger partial charge in [-0.05, 0) is 37.7 Å². The van der Waals surface area contributed by atoms with Crippen LogP contribution in [0.25, 0.3) is 0 Å². The van der Waals surface area contributed by atoms with E-state index in [1.165, 1.54) is 82.6 Å². The van der Waals surface area contributed by atoms with E-state index in [0.717, 1.165) is 32.1 Å². The van der Waals surface area contributed by atoms with E-state index < -0.39 is 0 Å². The van der Waals surface area contributed by atoms with E-state index in [0.29, 0.717) is 6.61 Å². The molecule has 0 amide bonds. The molecule has 1 rings (SSSR count). The van der Waals surface area contributed by atoms with Gasteiger partial charge in [-0.3, -0.25) is 4.79 Å². The van der Waals surface area contributed by atoms with Crippen molar-refractivity contribution in [3.05, 3.63) is 35.9 Å². The molecule has 0 aliphatic heterocycles. The van der Waals surface area contributed by atoms with Gasteiger partial charge in [-0.15, -0.1) is 0 Å². The van der Waals surface area contributed by atoms with Crippen molar-refractivity contribution in [3.8, 4) is 0 Å². The fraction of sp³-hybridized carbons (Fsp3) is 0.750. The second-order valence-electron chi connectivity index (χ2n) is 8.92. The molecule has 0 aromatic heterocycles. The van der Waals surface area contributed by atoms with Crippen LogP contribution in [0, 0.1) is 5.92 Å². The molecule has 0 heterocycles. The molecule has 0 saturated heterocycles. The first kappa shape index (κ1) is 26.7. The van der Waals surface area contributed by atoms with Crippen LogP contribution in [0.4, 0.5) is 0 Å². The third-order valence-corrected chi connectivity index (χ3v) is 6.09. The molecular weight excluding hydrogens is 368 g/mol. The van der Waals surface area contributed by atoms with Gasteiger partial charge in [0, 0.05) is 0 Å². The maximum Gasteiger partial charge on any atom is 0.308 e. The molecule has 0 N–H and O–H groups in total. The summed E-state index contributed by atoms with van der Waals surface area (Å²) in [6.45, 7) is 5.09. The van der Waals surface area contributed by atoms with E-state index >= 15 is 0 Å². The molecule has 1 aromatic rings. The normalized spacial score (nSPS) is 12.1. The average molecular weight is 417 g/mol. The van der Waals surface area contributed by atoms with E-state index in [2.05, 4.69) is 44.2 Å². The first-order valence-electron chi connectivity index (χ1n) is 13.0. The average Bonchev–Trinajstić information content (AvgIpc) is 2.77. The third-order valence-electron chi connectivity index (χ3n) is 6.09. The van der Waals surface area contributed by atoms with Crippen molar-refractivity contribution in [3.63, 3.8) is 0 Å². The fourth-order valence-electron chi connectivity index (χ4n) is 4.09. The van der Waals surface area contributed by atoms with Crippen molar-refractivity contribution in [2.24, 2.45) is 5.92 Å². The van der Waals surface area contributed by atoms with Gasteiger partial charge in [0.2, 0.25) is 0 Å². The van der Waals surface area contributed by atoms with Crippen molar-refractivity contribution in [1.82, 2.24) is 0 Å². The molecule has 1 atom stereocenters. The molecule has 2 heteroatoms. The van der Waals surface area contributed by atoms with Crippen LogP contribution in [-0.2, 0) is 16.0 Å². The highest BCUT2D eigenvalue weighted by molar-refractivity contribution is 5.72. The van der Waals surface area contributed by atoms with Gasteiger partial charge in [-0.25, -0.2) is 0 Å². The molecular formula is C28H48O2. The van der Waals surface area contributed by atoms with Gasteiger partial charge >= 0.3 is 5.97 Å². The quantitative estimate of drug-likeness (QED) is 0.157. The largest absolute Gasteiger partial charge is 0.465 e. The van der Waals surface area contributed by atoms with Crippen LogP contribution in [0.1, 0.15) is 122 Å². The van der Waals surface area contributed by atoms with Gasteiger partial charge in [-0.1, -0.05) is 121 Å². The Kier molecular flexibility index (Phi) is 17.5. The van der Waals surface area contributed by atoms with Gasteiger partial charge < -0.3 is 4.74 Å². The standard InChI is InChI=1S/C28H48O2/c1-3-5-7-9-10-12-17-24-27(23-16-11-8-6-4-2)28(29)30-25-19-18-22-26-20-14-13-15-21-26/h13-15,20-21,27H,3-12,16-19,22-25H2,1-2H3. The van der Waals surface area contributed by atoms with Crippen LogP contribution in [0.2, 0.25) is 0 Å². The van der Waals surface area contributed by atoms with Gasteiger partial charge in [0.15, 0.2) is 0 Å². The number of hydrogen-bond donors (Lipinski definition) is 0. The highest BCUT2D eigenvalue weighted by atomic mass is 16.5. The van der Waals surface area contributed by atoms with E-state index in [-0.39, 0.29) is 11.9 Å². The maximum absolute atomic E-state index is 12.7. The zero-order valence-corrected chi connectivity index (χ0v) is 20.0. The van der Waals surface area contributed by atoms with Crippen molar-refractivity contribution in [2.45, 2.75) is 123 Å². The van der Waals surface area contributed by atoms with E-state index in [4.69, 9.17) is 4.74 Å². The summed E-state index contributed by atoms with van der Waals surface area (Å²) >= 11 is 0. The van der Waals surface area contributed by atoms with Crippen LogP contribution in [0.3, 0.4) is 0 Å². The molecule has 30 heavy (non-hydrogen) atoms. The van der Waals surface area contributed by atoms with E-state index in [1.807, 2.05) is 0 Å². The topological polar surface area (TPSA) is 26.3 Å². The minimum Gasteiger partial charge on any atom is -0.465 e. The van der Waals surface area contributed by atoms with Gasteiger partial charge in [0.1, 0.15) is 0 Å². The molecule has 1 unspecified atom stereocenters. The lowest BCUT2D eigenvalue weighted by Crippen LogP contribution is -2.18. The Morgan fingerprint density at radius 3 is 1.80 bits per heavy atom. The number of carbonyl (C=O) groups excluding carboxylic acids is 1. The molecule has 0 spiro atoms. The number of ether oxygens (including phenoxy) is 1. The minimum absolute atomic E-state index is 0.0659. The van der Waals surface area contributed by atoms with Gasteiger partial charge in [0.25, 0.3) is 0 Å². The predicted octanol–water partition coefficient (Wildman–Crippen LogP) is 8.67. The number of unbranched alkanes of at least 4 members (excludes halogenated alkanes) is 11. The molecule has 0 aliphatic carbocycles. The van der Waals surface area contributed by atoms with Crippen LogP contribution in [0.15, 0.2) is 30.3 Å². The first-order chi connectivity index (χ1) is 14.8. The second kappa shape index (κ2) is 19.6. The molecule has 1 aromatic carbocycles. The summed E-state index contributed by atoms with van der Waals surface area (Å²) in [5, 5.41) is 0. The zero-order chi connectivity index (χ0) is 21.7. The second-order valence-corrected chi connectivity index (χ2v) is 8.92. The Labute approximate surface area is 187 Å². The molecule has 0 aliphatic rings. The Morgan fingerprint density at radius 1 is 0.700 bits per heavy atom. The van der Waals surface area contributed by atoms with Crippen LogP contribution < -0.4 is 0 Å². The van der Waals surface area contributed by atoms with Crippen LogP contribution in [-0.4, -0.2) is 12.6 Å². The highest BCUT2D eigenvalue weighted by Crippen LogP contribution is 2.21. The number of rotatable bonds is 20. The maximum atomic E-state index is 12.7. The summed E-state index contributed by atoms with van der Waals surface area (Å²) in [5.74, 6) is 0.188. The summed E-state index contributed by atoms with van der Waals surface area (Å²) < 4.78 is 5.69. The predicted molar refractivity (Wildman–Crippen MR) is 130 cm³/mol. The highest BCUT2D eigenvalue weighted by Gasteiger charge is 2.19. The Balaban J connectivity index is 2.23. The fourth-order valence-corrected chi connectivity index (χ4v) is 4.09. The number of esters is 1. The Morgan fingerprint density at radius 2 is 1.23 bits per heavy atom. The molecule has 0 radical (unpaired) electrons. The van der Waals surface area contributed by atoms with Crippen LogP contribution in [0.5, 0.6) is 0 Å². The summed E-state index contributed by atoms with van der Waals surface area (Å²) in [6, 6.07) is 10.6. The summed E-state index contributed by atoms with van der Waals surface area (Å²) in [5.41, 5.74) is 1.37. The lowest BCUT2D eigenvalue weighted by atomic mass is 9.94. The summed E-state index contributed by atoms with van der Waals surface area (Å²) in [7, 11) is 0. The van der Waals surface area contributed by atoms with Crippen molar-refractivity contribution in [2.75, 3.05) is 6.61 Å². The minimum atomic E-state index is 0.0659. The van der Waals surface area contributed by atoms with Crippen LogP contribution >= 0.6 is 0 Å². The Hall–Kier alpha value is -1.31. The smallest absolute Gasteiger partial charge is 0.308 e. The lowest BCUT2D eigenvalue weighted by molar-refractivity contribution is -0.149. The Bertz CT molecular complexity index is 497. The zero-order valence-electron chi connectivity index (χ0n) is 20.0. The molecule has 0 saturated carbocycles. The number of benzene rings is 1. The first-order valence-corrected chi connectivity index (χ1v) is 13.0. The van der Waals surface area contributed by atoms with Crippen molar-refractivity contribution in [1.29, 1.82) is 0 Å². The van der Waals surface area contributed by atoms with Crippen molar-refractivity contribution < 1.29 is 9.53 Å². The monoisotopic (exact) mass is 416 g/mol. The number of hydrogen-bond acceptors (Lipinski definition) is 2. The summed E-state index contributed by atoms with van der Waals surface area (Å²) in [4.78, 5) is 12.7. The molecule has 0 bridgehead atoms. The van der Waals surface area contributed by atoms with Gasteiger partial charge in [-0.2, -0.15) is 0 Å². The molecule has 172 valence electrons. The van der Waals surface area contributed by atoms with Gasteiger partial charge in [0.05, 0.1) is 12.5 Å². The van der Waals surface area contributed by atoms with E-state index in [1.54, 1.807) is 0 Å². The molecule has 2 nitrogen and oxygen atoms in total. The van der Waals surface area contributed by atoms with E-state index in [9.17, 15) is 4.79 Å². The number of aryl methyl sites for hydroxylation is 1. The SMILES string of the molecule is CCCCCCCCCC(CCCCCCC)C(=O)OCCCCc1ccccc1. The third kappa shape index (κ3) is 14.6. The van der Waals surface area contributed by atoms with Crippen molar-refractivity contribution >= 4 is 5.97 Å². The molecule has 0 fully saturated rings. The lowest BCUT2D eigenvalue weighted by Gasteiger charge is -2.16. The summed E-state index contributed by atoms with van der Waals surface area (Å²) in [6.07, 6.45) is 20.6. The number of carbonyl (C=O) groups is 1.